The fourth-order valence-corrected chi connectivity index (χ4v) is 6.82. The SMILES string of the molecule is CC[C@@H](C(=O)Nc1ccccc1C(=O)N1C[C@]2(C)C[C@@H]1CC(C)(C)C2)N1C(=O)c2ccccc2C1=O. The lowest BCUT2D eigenvalue weighted by molar-refractivity contribution is -0.120. The maximum Gasteiger partial charge on any atom is 0.262 e. The van der Waals surface area contributed by atoms with Gasteiger partial charge < -0.3 is 10.2 Å². The van der Waals surface area contributed by atoms with Crippen LogP contribution in [0.25, 0.3) is 0 Å². The van der Waals surface area contributed by atoms with Crippen molar-refractivity contribution in [1.82, 2.24) is 9.80 Å². The van der Waals surface area contributed by atoms with Crippen molar-refractivity contribution in [3.8, 4) is 0 Å². The molecule has 0 aromatic heterocycles. The second-order valence-electron chi connectivity index (χ2n) is 11.6. The number of hydrogen-bond donors (Lipinski definition) is 1. The minimum absolute atomic E-state index is 0.0916. The number of benzene rings is 2. The summed E-state index contributed by atoms with van der Waals surface area (Å²) in [4.78, 5) is 56.1. The Labute approximate surface area is 211 Å². The van der Waals surface area contributed by atoms with Crippen LogP contribution < -0.4 is 5.32 Å². The van der Waals surface area contributed by atoms with E-state index in [-0.39, 0.29) is 29.2 Å². The van der Waals surface area contributed by atoms with E-state index in [1.807, 2.05) is 4.90 Å². The van der Waals surface area contributed by atoms with Gasteiger partial charge in [-0.25, -0.2) is 0 Å². The van der Waals surface area contributed by atoms with E-state index >= 15 is 0 Å². The number of para-hydroxylation sites is 1. The van der Waals surface area contributed by atoms with Gasteiger partial charge in [0, 0.05) is 12.6 Å². The largest absolute Gasteiger partial charge is 0.335 e. The maximum absolute atomic E-state index is 13.7. The van der Waals surface area contributed by atoms with Crippen molar-refractivity contribution < 1.29 is 19.2 Å². The Kier molecular flexibility index (Phi) is 5.77. The molecule has 4 amide bonds. The van der Waals surface area contributed by atoms with Crippen molar-refractivity contribution in [2.75, 3.05) is 11.9 Å². The number of nitrogens with one attached hydrogen (secondary N) is 1. The van der Waals surface area contributed by atoms with Crippen LogP contribution in [0.5, 0.6) is 0 Å². The van der Waals surface area contributed by atoms with E-state index < -0.39 is 23.8 Å². The quantitative estimate of drug-likeness (QED) is 0.617. The third-order valence-electron chi connectivity index (χ3n) is 7.92. The van der Waals surface area contributed by atoms with Gasteiger partial charge in [-0.05, 0) is 60.8 Å². The highest BCUT2D eigenvalue weighted by molar-refractivity contribution is 6.23. The third kappa shape index (κ3) is 4.00. The molecule has 0 unspecified atom stereocenters. The molecular weight excluding hydrogens is 454 g/mol. The van der Waals surface area contributed by atoms with E-state index in [4.69, 9.17) is 0 Å². The van der Waals surface area contributed by atoms with Crippen LogP contribution in [0.15, 0.2) is 48.5 Å². The average molecular weight is 488 g/mol. The summed E-state index contributed by atoms with van der Waals surface area (Å²) in [6, 6.07) is 12.8. The molecule has 1 saturated carbocycles. The summed E-state index contributed by atoms with van der Waals surface area (Å²) < 4.78 is 0. The molecule has 2 aromatic carbocycles. The molecule has 2 bridgehead atoms. The standard InChI is InChI=1S/C29H33N3O4/c1-5-23(32-26(35)19-10-6-7-11-20(19)27(32)36)24(33)30-22-13-9-8-12-21(22)25(34)31-17-29(4)15-18(31)14-28(2,3)16-29/h6-13,18,23H,5,14-17H2,1-4H3,(H,30,33)/t18-,23-,29+/m0/s1. The van der Waals surface area contributed by atoms with Crippen LogP contribution in [0.1, 0.15) is 84.5 Å². The van der Waals surface area contributed by atoms with Crippen molar-refractivity contribution >= 4 is 29.3 Å². The number of imide groups is 1. The third-order valence-corrected chi connectivity index (χ3v) is 7.92. The Morgan fingerprint density at radius 1 is 0.972 bits per heavy atom. The van der Waals surface area contributed by atoms with Crippen LogP contribution in [0.2, 0.25) is 0 Å². The number of rotatable bonds is 5. The molecule has 2 fully saturated rings. The number of anilines is 1. The molecule has 2 aliphatic heterocycles. The topological polar surface area (TPSA) is 86.8 Å². The van der Waals surface area contributed by atoms with Crippen LogP contribution in [0, 0.1) is 10.8 Å². The number of likely N-dealkylation sites (tertiary alicyclic amines) is 1. The van der Waals surface area contributed by atoms with Crippen molar-refractivity contribution in [1.29, 1.82) is 0 Å². The molecule has 1 N–H and O–H groups in total. The Bertz CT molecular complexity index is 1230. The summed E-state index contributed by atoms with van der Waals surface area (Å²) in [6.07, 6.45) is 3.29. The van der Waals surface area contributed by atoms with E-state index in [9.17, 15) is 19.2 Å². The van der Waals surface area contributed by atoms with Gasteiger partial charge in [-0.1, -0.05) is 52.0 Å². The first kappa shape index (κ1) is 24.2. The minimum atomic E-state index is -0.980. The summed E-state index contributed by atoms with van der Waals surface area (Å²) in [6.45, 7) is 9.26. The molecule has 0 radical (unpaired) electrons. The van der Waals surface area contributed by atoms with Gasteiger partial charge in [-0.3, -0.25) is 24.1 Å². The average Bonchev–Trinajstić information content (AvgIpc) is 3.23. The molecule has 2 heterocycles. The molecule has 3 atom stereocenters. The number of nitrogens with zero attached hydrogens (tertiary/aromatic N) is 2. The Hall–Kier alpha value is -3.48. The van der Waals surface area contributed by atoms with Gasteiger partial charge in [-0.2, -0.15) is 0 Å². The van der Waals surface area contributed by atoms with Crippen molar-refractivity contribution in [3.63, 3.8) is 0 Å². The molecule has 5 rings (SSSR count). The zero-order chi connectivity index (χ0) is 25.8. The normalized spacial score (nSPS) is 25.1. The van der Waals surface area contributed by atoms with Gasteiger partial charge >= 0.3 is 0 Å². The number of amides is 4. The highest BCUT2D eigenvalue weighted by Gasteiger charge is 2.51. The highest BCUT2D eigenvalue weighted by atomic mass is 16.2. The van der Waals surface area contributed by atoms with Gasteiger partial charge in [0.25, 0.3) is 17.7 Å². The highest BCUT2D eigenvalue weighted by Crippen LogP contribution is 2.52. The van der Waals surface area contributed by atoms with Gasteiger partial charge in [0.05, 0.1) is 22.4 Å². The number of carbonyl (C=O) groups excluding carboxylic acids is 4. The number of fused-ring (bicyclic) bond motifs is 3. The van der Waals surface area contributed by atoms with Gasteiger partial charge in [-0.15, -0.1) is 0 Å². The van der Waals surface area contributed by atoms with E-state index in [0.717, 1.165) is 24.2 Å². The first-order chi connectivity index (χ1) is 17.0. The molecule has 1 saturated heterocycles. The molecule has 36 heavy (non-hydrogen) atoms. The molecule has 1 aliphatic carbocycles. The lowest BCUT2D eigenvalue weighted by Gasteiger charge is -2.39. The van der Waals surface area contributed by atoms with Crippen LogP contribution in [0.4, 0.5) is 5.69 Å². The molecule has 3 aliphatic rings. The summed E-state index contributed by atoms with van der Waals surface area (Å²) in [5, 5.41) is 2.86. The lowest BCUT2D eigenvalue weighted by atomic mass is 9.65. The van der Waals surface area contributed by atoms with E-state index in [0.29, 0.717) is 28.9 Å². The molecule has 188 valence electrons. The number of carbonyl (C=O) groups is 4. The van der Waals surface area contributed by atoms with Crippen molar-refractivity contribution in [2.24, 2.45) is 10.8 Å². The summed E-state index contributed by atoms with van der Waals surface area (Å²) >= 11 is 0. The number of hydrogen-bond acceptors (Lipinski definition) is 4. The van der Waals surface area contributed by atoms with Gasteiger partial charge in [0.1, 0.15) is 6.04 Å². The second kappa shape index (κ2) is 8.57. The van der Waals surface area contributed by atoms with Crippen LogP contribution in [-0.4, -0.2) is 52.1 Å². The predicted molar refractivity (Wildman–Crippen MR) is 137 cm³/mol. The molecule has 7 nitrogen and oxygen atoms in total. The molecular formula is C29H33N3O4. The van der Waals surface area contributed by atoms with Gasteiger partial charge in [0.15, 0.2) is 0 Å². The van der Waals surface area contributed by atoms with Crippen LogP contribution in [0.3, 0.4) is 0 Å². The summed E-state index contributed by atoms with van der Waals surface area (Å²) in [5.41, 5.74) is 1.72. The summed E-state index contributed by atoms with van der Waals surface area (Å²) in [7, 11) is 0. The minimum Gasteiger partial charge on any atom is -0.335 e. The Morgan fingerprint density at radius 3 is 2.22 bits per heavy atom. The first-order valence-electron chi connectivity index (χ1n) is 12.7. The summed E-state index contributed by atoms with van der Waals surface area (Å²) in [5.74, 6) is -1.52. The maximum atomic E-state index is 13.7. The van der Waals surface area contributed by atoms with E-state index in [1.54, 1.807) is 55.5 Å². The van der Waals surface area contributed by atoms with Crippen molar-refractivity contribution in [3.05, 3.63) is 65.2 Å². The second-order valence-corrected chi connectivity index (χ2v) is 11.6. The fourth-order valence-electron chi connectivity index (χ4n) is 6.82. The van der Waals surface area contributed by atoms with Crippen LogP contribution >= 0.6 is 0 Å². The lowest BCUT2D eigenvalue weighted by Crippen LogP contribution is -2.47. The molecule has 7 heteroatoms. The Balaban J connectivity index is 1.38. The smallest absolute Gasteiger partial charge is 0.262 e. The van der Waals surface area contributed by atoms with Crippen molar-refractivity contribution in [2.45, 2.75) is 65.5 Å². The van der Waals surface area contributed by atoms with Crippen LogP contribution in [-0.2, 0) is 4.79 Å². The molecule has 0 spiro atoms. The fraction of sp³-hybridized carbons (Fsp3) is 0.448. The zero-order valence-electron chi connectivity index (χ0n) is 21.3. The Morgan fingerprint density at radius 2 is 1.58 bits per heavy atom. The van der Waals surface area contributed by atoms with E-state index in [1.165, 1.54) is 0 Å². The van der Waals surface area contributed by atoms with Gasteiger partial charge in [0.2, 0.25) is 5.91 Å². The zero-order valence-corrected chi connectivity index (χ0v) is 21.3. The first-order valence-corrected chi connectivity index (χ1v) is 12.7. The molecule has 2 aromatic rings. The predicted octanol–water partition coefficient (Wildman–Crippen LogP) is 4.74. The van der Waals surface area contributed by atoms with E-state index in [2.05, 4.69) is 26.1 Å². The monoisotopic (exact) mass is 487 g/mol.